The molecule has 5 heteroatoms. The fourth-order valence-corrected chi connectivity index (χ4v) is 3.41. The molecular formula is C21H29N5. The number of nitrogens with zero attached hydrogens (tertiary/aromatic N) is 3. The van der Waals surface area contributed by atoms with Crippen LogP contribution in [0.15, 0.2) is 41.5 Å². The lowest BCUT2D eigenvalue weighted by molar-refractivity contribution is 0.726. The predicted molar refractivity (Wildman–Crippen MR) is 110 cm³/mol. The summed E-state index contributed by atoms with van der Waals surface area (Å²) in [5.74, 6) is 1.49. The normalized spacial score (nSPS) is 15.6. The largest absolute Gasteiger partial charge is 0.370 e. The number of guanidine groups is 1. The summed E-state index contributed by atoms with van der Waals surface area (Å²) in [5, 5.41) is 3.16. The van der Waals surface area contributed by atoms with Crippen LogP contribution in [0.1, 0.15) is 42.4 Å². The minimum Gasteiger partial charge on any atom is -0.370 e. The lowest BCUT2D eigenvalue weighted by Gasteiger charge is -2.21. The van der Waals surface area contributed by atoms with Gasteiger partial charge in [-0.3, -0.25) is 0 Å². The number of nitrogens with two attached hydrogens (primary N) is 1. The second-order valence-corrected chi connectivity index (χ2v) is 7.13. The highest BCUT2D eigenvalue weighted by atomic mass is 15.2. The maximum atomic E-state index is 6.03. The van der Waals surface area contributed by atoms with Gasteiger partial charge in [0.05, 0.1) is 6.54 Å². The average molecular weight is 351 g/mol. The molecule has 1 aromatic heterocycles. The first-order valence-corrected chi connectivity index (χ1v) is 9.45. The minimum atomic E-state index is 0.423. The Bertz CT molecular complexity index is 723. The van der Waals surface area contributed by atoms with Crippen LogP contribution in [-0.4, -0.2) is 24.0 Å². The Labute approximate surface area is 156 Å². The highest BCUT2D eigenvalue weighted by Gasteiger charge is 2.10. The molecule has 1 aromatic carbocycles. The van der Waals surface area contributed by atoms with E-state index in [1.165, 1.54) is 36.8 Å². The van der Waals surface area contributed by atoms with Crippen LogP contribution >= 0.6 is 0 Å². The third-order valence-electron chi connectivity index (χ3n) is 4.67. The molecule has 3 rings (SSSR count). The number of aliphatic imine (C=N–C) groups is 1. The van der Waals surface area contributed by atoms with Crippen molar-refractivity contribution in [1.82, 2.24) is 4.98 Å². The number of anilines is 2. The van der Waals surface area contributed by atoms with Gasteiger partial charge in [0.25, 0.3) is 0 Å². The summed E-state index contributed by atoms with van der Waals surface area (Å²) in [5.41, 5.74) is 10.5. The van der Waals surface area contributed by atoms with Crippen LogP contribution in [0.3, 0.4) is 0 Å². The first-order valence-electron chi connectivity index (χ1n) is 9.45. The van der Waals surface area contributed by atoms with E-state index in [1.54, 1.807) is 0 Å². The van der Waals surface area contributed by atoms with Crippen molar-refractivity contribution < 1.29 is 0 Å². The Morgan fingerprint density at radius 3 is 2.38 bits per heavy atom. The van der Waals surface area contributed by atoms with E-state index in [4.69, 9.17) is 5.73 Å². The number of hydrogen-bond acceptors (Lipinski definition) is 3. The second kappa shape index (κ2) is 8.70. The molecule has 2 aromatic rings. The van der Waals surface area contributed by atoms with Crippen molar-refractivity contribution in [3.63, 3.8) is 0 Å². The van der Waals surface area contributed by atoms with Crippen LogP contribution in [0, 0.1) is 13.8 Å². The summed E-state index contributed by atoms with van der Waals surface area (Å²) < 4.78 is 0. The molecule has 0 atom stereocenters. The second-order valence-electron chi connectivity index (χ2n) is 7.13. The summed E-state index contributed by atoms with van der Waals surface area (Å²) >= 11 is 0. The van der Waals surface area contributed by atoms with Crippen molar-refractivity contribution in [2.75, 3.05) is 23.3 Å². The average Bonchev–Trinajstić information content (AvgIpc) is 2.89. The van der Waals surface area contributed by atoms with Crippen LogP contribution in [0.2, 0.25) is 0 Å². The van der Waals surface area contributed by atoms with E-state index in [0.29, 0.717) is 12.5 Å². The van der Waals surface area contributed by atoms with Gasteiger partial charge in [-0.1, -0.05) is 25.0 Å². The van der Waals surface area contributed by atoms with Crippen molar-refractivity contribution in [3.8, 4) is 0 Å². The van der Waals surface area contributed by atoms with Crippen LogP contribution in [0.5, 0.6) is 0 Å². The number of benzene rings is 1. The van der Waals surface area contributed by atoms with Gasteiger partial charge in [0.15, 0.2) is 5.96 Å². The Morgan fingerprint density at radius 2 is 1.77 bits per heavy atom. The monoisotopic (exact) mass is 351 g/mol. The molecule has 138 valence electrons. The Kier molecular flexibility index (Phi) is 6.10. The van der Waals surface area contributed by atoms with E-state index in [-0.39, 0.29) is 0 Å². The quantitative estimate of drug-likeness (QED) is 0.645. The van der Waals surface area contributed by atoms with Crippen LogP contribution in [0.25, 0.3) is 0 Å². The van der Waals surface area contributed by atoms with Crippen LogP contribution in [-0.2, 0) is 6.54 Å². The summed E-state index contributed by atoms with van der Waals surface area (Å²) in [4.78, 5) is 11.4. The van der Waals surface area contributed by atoms with Gasteiger partial charge in [-0.15, -0.1) is 0 Å². The minimum absolute atomic E-state index is 0.423. The van der Waals surface area contributed by atoms with E-state index in [2.05, 4.69) is 64.4 Å². The molecule has 1 aliphatic rings. The Balaban J connectivity index is 1.58. The molecule has 0 saturated carbocycles. The van der Waals surface area contributed by atoms with Gasteiger partial charge < -0.3 is 16.0 Å². The molecule has 1 aliphatic heterocycles. The number of nitrogens with one attached hydrogen (secondary N) is 1. The number of aromatic nitrogens is 1. The molecule has 0 radical (unpaired) electrons. The lowest BCUT2D eigenvalue weighted by atomic mass is 10.1. The first kappa shape index (κ1) is 18.2. The van der Waals surface area contributed by atoms with Gasteiger partial charge in [-0.05, 0) is 61.6 Å². The Hall–Kier alpha value is -2.56. The summed E-state index contributed by atoms with van der Waals surface area (Å²) in [6.45, 7) is 6.89. The molecular weight excluding hydrogens is 322 g/mol. The number of aryl methyl sites for hydroxylation is 2. The van der Waals surface area contributed by atoms with Crippen molar-refractivity contribution >= 4 is 17.5 Å². The number of rotatable bonds is 4. The van der Waals surface area contributed by atoms with E-state index in [0.717, 1.165) is 30.2 Å². The summed E-state index contributed by atoms with van der Waals surface area (Å²) in [6.07, 6.45) is 7.09. The van der Waals surface area contributed by atoms with Crippen molar-refractivity contribution in [2.24, 2.45) is 10.7 Å². The zero-order valence-electron chi connectivity index (χ0n) is 15.8. The molecule has 0 bridgehead atoms. The molecule has 0 amide bonds. The molecule has 0 unspecified atom stereocenters. The topological polar surface area (TPSA) is 66.5 Å². The van der Waals surface area contributed by atoms with Gasteiger partial charge in [0.2, 0.25) is 0 Å². The zero-order chi connectivity index (χ0) is 18.4. The SMILES string of the molecule is Cc1cc(C)cc(NC(N)=NCc2ccc(N3CCCCCC3)nc2)c1. The van der Waals surface area contributed by atoms with Gasteiger partial charge in [0, 0.05) is 25.0 Å². The lowest BCUT2D eigenvalue weighted by Crippen LogP contribution is -2.24. The molecule has 0 aliphatic carbocycles. The standard InChI is InChI=1S/C21H29N5/c1-16-11-17(2)13-19(12-16)25-21(22)24-15-18-7-8-20(23-14-18)26-9-5-3-4-6-10-26/h7-8,11-14H,3-6,9-10,15H2,1-2H3,(H3,22,24,25). The maximum Gasteiger partial charge on any atom is 0.193 e. The first-order chi connectivity index (χ1) is 12.6. The Morgan fingerprint density at radius 1 is 1.08 bits per heavy atom. The summed E-state index contributed by atoms with van der Waals surface area (Å²) in [7, 11) is 0. The van der Waals surface area contributed by atoms with Gasteiger partial charge in [-0.2, -0.15) is 0 Å². The van der Waals surface area contributed by atoms with Crippen LogP contribution < -0.4 is 16.0 Å². The summed E-state index contributed by atoms with van der Waals surface area (Å²) in [6, 6.07) is 10.5. The zero-order valence-corrected chi connectivity index (χ0v) is 15.8. The molecule has 1 saturated heterocycles. The van der Waals surface area contributed by atoms with E-state index in [9.17, 15) is 0 Å². The fourth-order valence-electron chi connectivity index (χ4n) is 3.41. The van der Waals surface area contributed by atoms with E-state index >= 15 is 0 Å². The maximum absolute atomic E-state index is 6.03. The van der Waals surface area contributed by atoms with Crippen LogP contribution in [0.4, 0.5) is 11.5 Å². The fraction of sp³-hybridized carbons (Fsp3) is 0.429. The van der Waals surface area contributed by atoms with E-state index < -0.39 is 0 Å². The highest BCUT2D eigenvalue weighted by Crippen LogP contribution is 2.18. The smallest absolute Gasteiger partial charge is 0.193 e. The molecule has 1 fully saturated rings. The third-order valence-corrected chi connectivity index (χ3v) is 4.67. The van der Waals surface area contributed by atoms with Crippen molar-refractivity contribution in [1.29, 1.82) is 0 Å². The number of pyridine rings is 1. The molecule has 5 nitrogen and oxygen atoms in total. The number of hydrogen-bond donors (Lipinski definition) is 2. The van der Waals surface area contributed by atoms with Gasteiger partial charge in [0.1, 0.15) is 5.82 Å². The van der Waals surface area contributed by atoms with Gasteiger partial charge >= 0.3 is 0 Å². The molecule has 0 spiro atoms. The molecule has 26 heavy (non-hydrogen) atoms. The molecule has 2 heterocycles. The third kappa shape index (κ3) is 5.22. The predicted octanol–water partition coefficient (Wildman–Crippen LogP) is 4.01. The van der Waals surface area contributed by atoms with Crippen molar-refractivity contribution in [2.45, 2.75) is 46.1 Å². The van der Waals surface area contributed by atoms with Crippen molar-refractivity contribution in [3.05, 3.63) is 53.2 Å². The highest BCUT2D eigenvalue weighted by molar-refractivity contribution is 5.92. The van der Waals surface area contributed by atoms with Gasteiger partial charge in [-0.25, -0.2) is 9.98 Å². The van der Waals surface area contributed by atoms with E-state index in [1.807, 2.05) is 6.20 Å². The molecule has 3 N–H and O–H groups in total.